The lowest BCUT2D eigenvalue weighted by Gasteiger charge is -2.08. The summed E-state index contributed by atoms with van der Waals surface area (Å²) in [4.78, 5) is 16.3. The van der Waals surface area contributed by atoms with E-state index in [1.54, 1.807) is 12.1 Å². The average molecular weight is 280 g/mol. The van der Waals surface area contributed by atoms with Crippen LogP contribution < -0.4 is 5.32 Å². The molecule has 2 aromatic heterocycles. The number of nitrogens with zero attached hydrogens (tertiary/aromatic N) is 2. The summed E-state index contributed by atoms with van der Waals surface area (Å²) in [7, 11) is 1.35. The summed E-state index contributed by atoms with van der Waals surface area (Å²) in [5.74, 6) is 0.397. The number of carbonyl (C=O) groups excluding carboxylic acids is 1. The van der Waals surface area contributed by atoms with Gasteiger partial charge in [-0.25, -0.2) is 9.78 Å². The predicted molar refractivity (Wildman–Crippen MR) is 71.5 cm³/mol. The molecule has 0 amide bonds. The lowest BCUT2D eigenvalue weighted by atomic mass is 10.2. The standard InChI is InChI=1S/C13H14ClN3O2/c1-19-13(18)11-10-7-8(14)4-6-17(10)12(16-11)9-3-2-5-15-9/h4,6-7,9,15H,2-3,5H2,1H3. The van der Waals surface area contributed by atoms with Gasteiger partial charge in [0.25, 0.3) is 0 Å². The van der Waals surface area contributed by atoms with E-state index in [0.717, 1.165) is 25.2 Å². The second-order valence-corrected chi connectivity index (χ2v) is 5.00. The van der Waals surface area contributed by atoms with Crippen molar-refractivity contribution in [1.82, 2.24) is 14.7 Å². The number of hydrogen-bond donors (Lipinski definition) is 1. The Morgan fingerprint density at radius 3 is 3.16 bits per heavy atom. The minimum absolute atomic E-state index is 0.173. The van der Waals surface area contributed by atoms with Crippen LogP contribution in [0.4, 0.5) is 0 Å². The SMILES string of the molecule is COC(=O)c1nc(C2CCCN2)n2ccc(Cl)cc12. The van der Waals surface area contributed by atoms with Crippen molar-refractivity contribution in [1.29, 1.82) is 0 Å². The first-order chi connectivity index (χ1) is 9.20. The highest BCUT2D eigenvalue weighted by Crippen LogP contribution is 2.26. The van der Waals surface area contributed by atoms with Gasteiger partial charge in [0.05, 0.1) is 18.7 Å². The third kappa shape index (κ3) is 2.09. The van der Waals surface area contributed by atoms with Crippen LogP contribution in [0.2, 0.25) is 5.02 Å². The van der Waals surface area contributed by atoms with E-state index in [-0.39, 0.29) is 6.04 Å². The molecule has 3 rings (SSSR count). The molecule has 3 heterocycles. The molecule has 1 unspecified atom stereocenters. The maximum Gasteiger partial charge on any atom is 0.358 e. The Labute approximate surface area is 115 Å². The molecule has 1 aliphatic rings. The van der Waals surface area contributed by atoms with Gasteiger partial charge < -0.3 is 14.5 Å². The summed E-state index contributed by atoms with van der Waals surface area (Å²) in [6, 6.07) is 3.70. The van der Waals surface area contributed by atoms with E-state index in [0.29, 0.717) is 16.2 Å². The zero-order valence-electron chi connectivity index (χ0n) is 10.5. The summed E-state index contributed by atoms with van der Waals surface area (Å²) in [6.07, 6.45) is 3.97. The number of imidazole rings is 1. The second-order valence-electron chi connectivity index (χ2n) is 4.56. The van der Waals surface area contributed by atoms with E-state index >= 15 is 0 Å². The topological polar surface area (TPSA) is 55.6 Å². The molecule has 6 heteroatoms. The fourth-order valence-corrected chi connectivity index (χ4v) is 2.64. The van der Waals surface area contributed by atoms with Gasteiger partial charge in [-0.15, -0.1) is 0 Å². The highest BCUT2D eigenvalue weighted by atomic mass is 35.5. The van der Waals surface area contributed by atoms with Crippen molar-refractivity contribution in [3.63, 3.8) is 0 Å². The fourth-order valence-electron chi connectivity index (χ4n) is 2.48. The largest absolute Gasteiger partial charge is 0.464 e. The minimum atomic E-state index is -0.441. The molecule has 2 aromatic rings. The van der Waals surface area contributed by atoms with Crippen LogP contribution in [0.15, 0.2) is 18.3 Å². The van der Waals surface area contributed by atoms with E-state index in [1.807, 2.05) is 10.6 Å². The molecule has 0 aliphatic carbocycles. The van der Waals surface area contributed by atoms with Gasteiger partial charge in [-0.05, 0) is 31.5 Å². The molecule has 0 saturated carbocycles. The third-order valence-electron chi connectivity index (χ3n) is 3.38. The van der Waals surface area contributed by atoms with Crippen LogP contribution in [0.3, 0.4) is 0 Å². The number of methoxy groups -OCH3 is 1. The van der Waals surface area contributed by atoms with Gasteiger partial charge >= 0.3 is 5.97 Å². The average Bonchev–Trinajstić information content (AvgIpc) is 3.03. The highest BCUT2D eigenvalue weighted by molar-refractivity contribution is 6.31. The quantitative estimate of drug-likeness (QED) is 0.856. The van der Waals surface area contributed by atoms with Crippen LogP contribution in [0.5, 0.6) is 0 Å². The second kappa shape index (κ2) is 4.83. The number of fused-ring (bicyclic) bond motifs is 1. The minimum Gasteiger partial charge on any atom is -0.464 e. The molecule has 0 aromatic carbocycles. The molecular weight excluding hydrogens is 266 g/mol. The van der Waals surface area contributed by atoms with E-state index < -0.39 is 5.97 Å². The molecule has 1 aliphatic heterocycles. The highest BCUT2D eigenvalue weighted by Gasteiger charge is 2.25. The lowest BCUT2D eigenvalue weighted by Crippen LogP contribution is -2.15. The van der Waals surface area contributed by atoms with Crippen LogP contribution in [0.1, 0.15) is 35.2 Å². The third-order valence-corrected chi connectivity index (χ3v) is 3.62. The van der Waals surface area contributed by atoms with Gasteiger partial charge in [0.2, 0.25) is 0 Å². The molecule has 1 N–H and O–H groups in total. The van der Waals surface area contributed by atoms with Crippen molar-refractivity contribution >= 4 is 23.1 Å². The zero-order valence-corrected chi connectivity index (χ0v) is 11.3. The van der Waals surface area contributed by atoms with Crippen LogP contribution in [-0.2, 0) is 4.74 Å². The first kappa shape index (κ1) is 12.4. The lowest BCUT2D eigenvalue weighted by molar-refractivity contribution is 0.0596. The molecule has 5 nitrogen and oxygen atoms in total. The van der Waals surface area contributed by atoms with Gasteiger partial charge in [0, 0.05) is 11.2 Å². The Hall–Kier alpha value is -1.59. The number of halogens is 1. The molecule has 1 atom stereocenters. The molecule has 0 radical (unpaired) electrons. The van der Waals surface area contributed by atoms with Crippen LogP contribution >= 0.6 is 11.6 Å². The number of esters is 1. The summed E-state index contributed by atoms with van der Waals surface area (Å²) >= 11 is 6.00. The van der Waals surface area contributed by atoms with Gasteiger partial charge in [-0.3, -0.25) is 0 Å². The number of aromatic nitrogens is 2. The first-order valence-electron chi connectivity index (χ1n) is 6.20. The number of pyridine rings is 1. The van der Waals surface area contributed by atoms with Gasteiger partial charge in [0.15, 0.2) is 5.69 Å². The maximum atomic E-state index is 11.8. The summed E-state index contributed by atoms with van der Waals surface area (Å²) in [6.45, 7) is 0.973. The predicted octanol–water partition coefficient (Wildman–Crippen LogP) is 2.20. The molecule has 0 spiro atoms. The van der Waals surface area contributed by atoms with Crippen molar-refractivity contribution in [2.45, 2.75) is 18.9 Å². The Morgan fingerprint density at radius 1 is 1.63 bits per heavy atom. The van der Waals surface area contributed by atoms with Crippen molar-refractivity contribution < 1.29 is 9.53 Å². The summed E-state index contributed by atoms with van der Waals surface area (Å²) in [5.41, 5.74) is 0.997. The van der Waals surface area contributed by atoms with E-state index in [9.17, 15) is 4.79 Å². The van der Waals surface area contributed by atoms with Crippen LogP contribution in [-0.4, -0.2) is 29.0 Å². The molecule has 19 heavy (non-hydrogen) atoms. The first-order valence-corrected chi connectivity index (χ1v) is 6.57. The van der Waals surface area contributed by atoms with Crippen LogP contribution in [0.25, 0.3) is 5.52 Å². The Morgan fingerprint density at radius 2 is 2.47 bits per heavy atom. The zero-order chi connectivity index (χ0) is 13.4. The maximum absolute atomic E-state index is 11.8. The summed E-state index contributed by atoms with van der Waals surface area (Å²) < 4.78 is 6.69. The van der Waals surface area contributed by atoms with Crippen molar-refractivity contribution in [2.24, 2.45) is 0 Å². The molecule has 0 bridgehead atoms. The van der Waals surface area contributed by atoms with E-state index in [2.05, 4.69) is 10.3 Å². The van der Waals surface area contributed by atoms with Crippen LogP contribution in [0, 0.1) is 0 Å². The number of nitrogens with one attached hydrogen (secondary N) is 1. The monoisotopic (exact) mass is 279 g/mol. The van der Waals surface area contributed by atoms with Crippen molar-refractivity contribution in [2.75, 3.05) is 13.7 Å². The van der Waals surface area contributed by atoms with E-state index in [4.69, 9.17) is 16.3 Å². The van der Waals surface area contributed by atoms with Crippen molar-refractivity contribution in [3.8, 4) is 0 Å². The van der Waals surface area contributed by atoms with Gasteiger partial charge in [-0.1, -0.05) is 11.6 Å². The number of rotatable bonds is 2. The molecule has 1 saturated heterocycles. The fraction of sp³-hybridized carbons (Fsp3) is 0.385. The van der Waals surface area contributed by atoms with Gasteiger partial charge in [-0.2, -0.15) is 0 Å². The molecular formula is C13H14ClN3O2. The molecule has 1 fully saturated rings. The Kier molecular flexibility index (Phi) is 3.16. The van der Waals surface area contributed by atoms with E-state index in [1.165, 1.54) is 7.11 Å². The number of carbonyl (C=O) groups is 1. The normalized spacial score (nSPS) is 18.9. The molecule has 100 valence electrons. The summed E-state index contributed by atoms with van der Waals surface area (Å²) in [5, 5.41) is 3.95. The Bertz CT molecular complexity index is 632. The Balaban J connectivity index is 2.19. The van der Waals surface area contributed by atoms with Gasteiger partial charge in [0.1, 0.15) is 5.82 Å². The number of hydrogen-bond acceptors (Lipinski definition) is 4. The van der Waals surface area contributed by atoms with Crippen molar-refractivity contribution in [3.05, 3.63) is 34.9 Å². The smallest absolute Gasteiger partial charge is 0.358 e. The number of ether oxygens (including phenoxy) is 1.